The molecule has 12 nitrogen and oxygen atoms in total. The van der Waals surface area contributed by atoms with Crippen molar-refractivity contribution in [3.8, 4) is 0 Å². The number of urea groups is 1. The van der Waals surface area contributed by atoms with Gasteiger partial charge in [-0.05, 0) is 53.8 Å². The third kappa shape index (κ3) is 6.17. The topological polar surface area (TPSA) is 172 Å². The summed E-state index contributed by atoms with van der Waals surface area (Å²) in [6.45, 7) is 2.04. The van der Waals surface area contributed by atoms with E-state index in [-0.39, 0.29) is 22.9 Å². The average Bonchev–Trinajstić information content (AvgIpc) is 3.46. The monoisotopic (exact) mass is 566 g/mol. The van der Waals surface area contributed by atoms with Crippen LogP contribution in [0.15, 0.2) is 72.4 Å². The molecule has 5 amide bonds. The van der Waals surface area contributed by atoms with E-state index in [1.165, 1.54) is 31.2 Å². The van der Waals surface area contributed by atoms with Crippen molar-refractivity contribution in [3.05, 3.63) is 105 Å². The molecule has 0 aliphatic carbocycles. The minimum Gasteiger partial charge on any atom is -0.356 e. The summed E-state index contributed by atoms with van der Waals surface area (Å²) in [5.41, 5.74) is 4.56. The van der Waals surface area contributed by atoms with Gasteiger partial charge in [0, 0.05) is 42.5 Å². The fourth-order valence-corrected chi connectivity index (χ4v) is 4.65. The zero-order chi connectivity index (χ0) is 29.8. The molecule has 1 fully saturated rings. The molecule has 3 aromatic rings. The lowest BCUT2D eigenvalue weighted by atomic mass is 9.98. The van der Waals surface area contributed by atoms with Crippen LogP contribution in [0.4, 0.5) is 21.9 Å². The van der Waals surface area contributed by atoms with Crippen LogP contribution in [0.2, 0.25) is 0 Å². The molecule has 5 rings (SSSR count). The zero-order valence-corrected chi connectivity index (χ0v) is 22.4. The number of nitro groups is 1. The molecule has 2 aliphatic rings. The molecular weight excluding hydrogens is 540 g/mol. The Morgan fingerprint density at radius 2 is 1.67 bits per heavy atom. The minimum absolute atomic E-state index is 0.0801. The maximum atomic E-state index is 13.2. The number of carbonyl (C=O) groups excluding carboxylic acids is 4. The van der Waals surface area contributed by atoms with Crippen molar-refractivity contribution >= 4 is 58.2 Å². The number of amides is 5. The number of imide groups is 1. The number of nitro benzene ring substituents is 1. The van der Waals surface area contributed by atoms with Crippen molar-refractivity contribution in [2.45, 2.75) is 19.8 Å². The van der Waals surface area contributed by atoms with Gasteiger partial charge in [-0.3, -0.25) is 29.8 Å². The maximum Gasteiger partial charge on any atom is 0.326 e. The summed E-state index contributed by atoms with van der Waals surface area (Å²) in [5, 5.41) is 24.9. The smallest absolute Gasteiger partial charge is 0.326 e. The Kier molecular flexibility index (Phi) is 7.78. The van der Waals surface area contributed by atoms with E-state index < -0.39 is 22.8 Å². The predicted molar refractivity (Wildman–Crippen MR) is 157 cm³/mol. The number of nitrogens with one attached hydrogen (secondary N) is 5. The second-order valence-electron chi connectivity index (χ2n) is 9.69. The molecule has 2 heterocycles. The summed E-state index contributed by atoms with van der Waals surface area (Å²) in [7, 11) is 0. The lowest BCUT2D eigenvalue weighted by molar-refractivity contribution is -0.384. The Bertz CT molecular complexity index is 1680. The summed E-state index contributed by atoms with van der Waals surface area (Å²) in [4.78, 5) is 58.6. The van der Waals surface area contributed by atoms with E-state index in [1.807, 2.05) is 24.3 Å². The summed E-state index contributed by atoms with van der Waals surface area (Å²) in [6, 6.07) is 18.2. The molecule has 0 bridgehead atoms. The first kappa shape index (κ1) is 27.8. The predicted octanol–water partition coefficient (Wildman–Crippen LogP) is 3.78. The number of aryl methyl sites for hydroxylation is 1. The first-order valence-electron chi connectivity index (χ1n) is 13.1. The number of carbonyl (C=O) groups is 4. The number of rotatable bonds is 9. The van der Waals surface area contributed by atoms with E-state index in [0.29, 0.717) is 40.3 Å². The third-order valence-electron chi connectivity index (χ3n) is 6.68. The van der Waals surface area contributed by atoms with E-state index in [1.54, 1.807) is 24.3 Å². The van der Waals surface area contributed by atoms with Crippen molar-refractivity contribution in [3.63, 3.8) is 0 Å². The quantitative estimate of drug-likeness (QED) is 0.0862. The zero-order valence-electron chi connectivity index (χ0n) is 22.4. The van der Waals surface area contributed by atoms with Crippen LogP contribution >= 0.6 is 0 Å². The van der Waals surface area contributed by atoms with E-state index in [9.17, 15) is 29.3 Å². The Hall–Kier alpha value is -5.78. The van der Waals surface area contributed by atoms with E-state index >= 15 is 0 Å². The highest BCUT2D eigenvalue weighted by Crippen LogP contribution is 2.39. The molecule has 42 heavy (non-hydrogen) atoms. The fourth-order valence-electron chi connectivity index (χ4n) is 4.65. The van der Waals surface area contributed by atoms with Gasteiger partial charge in [0.25, 0.3) is 17.5 Å². The molecule has 0 aromatic heterocycles. The summed E-state index contributed by atoms with van der Waals surface area (Å²) < 4.78 is 0. The van der Waals surface area contributed by atoms with Crippen LogP contribution in [0.25, 0.3) is 17.3 Å². The van der Waals surface area contributed by atoms with Gasteiger partial charge in [0.05, 0.1) is 16.2 Å². The molecule has 0 radical (unpaired) electrons. The highest BCUT2D eigenvalue weighted by Gasteiger charge is 2.30. The van der Waals surface area contributed by atoms with Gasteiger partial charge in [0.15, 0.2) is 0 Å². The van der Waals surface area contributed by atoms with Gasteiger partial charge in [-0.1, -0.05) is 36.4 Å². The Morgan fingerprint density at radius 1 is 0.929 bits per heavy atom. The highest BCUT2D eigenvalue weighted by atomic mass is 16.6. The number of fused-ring (bicyclic) bond motifs is 1. The van der Waals surface area contributed by atoms with Crippen LogP contribution in [0, 0.1) is 10.1 Å². The van der Waals surface area contributed by atoms with Gasteiger partial charge >= 0.3 is 6.03 Å². The largest absolute Gasteiger partial charge is 0.356 e. The number of non-ortho nitro benzene ring substituents is 1. The van der Waals surface area contributed by atoms with Crippen molar-refractivity contribution in [1.82, 2.24) is 16.0 Å². The van der Waals surface area contributed by atoms with Crippen molar-refractivity contribution in [1.29, 1.82) is 0 Å². The van der Waals surface area contributed by atoms with Crippen LogP contribution in [0.3, 0.4) is 0 Å². The number of nitrogens with zero attached hydrogens (tertiary/aromatic N) is 1. The summed E-state index contributed by atoms with van der Waals surface area (Å²) in [5.74, 6) is -1.01. The van der Waals surface area contributed by atoms with Gasteiger partial charge in [0.2, 0.25) is 5.91 Å². The van der Waals surface area contributed by atoms with Crippen LogP contribution in [0.1, 0.15) is 35.6 Å². The number of benzene rings is 3. The first-order valence-corrected chi connectivity index (χ1v) is 13.1. The van der Waals surface area contributed by atoms with Crippen LogP contribution in [-0.2, 0) is 20.8 Å². The molecular formula is C30H26N6O6. The molecule has 5 N–H and O–H groups in total. The number of hydrogen-bond acceptors (Lipinski definition) is 7. The molecule has 0 spiro atoms. The van der Waals surface area contributed by atoms with E-state index in [0.717, 1.165) is 18.4 Å². The van der Waals surface area contributed by atoms with E-state index in [2.05, 4.69) is 26.6 Å². The molecule has 0 saturated carbocycles. The molecule has 0 atom stereocenters. The molecule has 12 heteroatoms. The number of hydrogen-bond donors (Lipinski definition) is 5. The molecule has 1 saturated heterocycles. The minimum atomic E-state index is -0.588. The average molecular weight is 567 g/mol. The van der Waals surface area contributed by atoms with Gasteiger partial charge in [-0.25, -0.2) is 4.79 Å². The van der Waals surface area contributed by atoms with Crippen molar-refractivity contribution < 1.29 is 24.1 Å². The van der Waals surface area contributed by atoms with Crippen LogP contribution in [0.5, 0.6) is 0 Å². The maximum absolute atomic E-state index is 13.2. The van der Waals surface area contributed by atoms with Gasteiger partial charge < -0.3 is 21.3 Å². The lowest BCUT2D eigenvalue weighted by Gasteiger charge is -2.16. The first-order chi connectivity index (χ1) is 20.2. The standard InChI is InChI=1S/C30H26N6O6/c1-17(37)31-14-2-3-18-4-8-20(9-5-18)27(26-23-16-22(36(41)42)12-13-24(23)33-29(26)39)32-21-10-6-19(7-11-21)15-25-28(38)35-30(40)34-25/h4-13,15-16,32H,2-3,14H2,1H3,(H,31,37)(H,33,39)(H2,34,35,38,40). The van der Waals surface area contributed by atoms with E-state index in [4.69, 9.17) is 0 Å². The lowest BCUT2D eigenvalue weighted by Crippen LogP contribution is -2.22. The van der Waals surface area contributed by atoms with Gasteiger partial charge in [-0.2, -0.15) is 0 Å². The van der Waals surface area contributed by atoms with Gasteiger partial charge in [0.1, 0.15) is 5.70 Å². The highest BCUT2D eigenvalue weighted by molar-refractivity contribution is 6.37. The van der Waals surface area contributed by atoms with Gasteiger partial charge in [-0.15, -0.1) is 0 Å². The molecule has 3 aromatic carbocycles. The molecule has 212 valence electrons. The normalized spacial score (nSPS) is 15.9. The van der Waals surface area contributed by atoms with Crippen molar-refractivity contribution in [2.75, 3.05) is 17.2 Å². The van der Waals surface area contributed by atoms with Crippen molar-refractivity contribution in [2.24, 2.45) is 0 Å². The second-order valence-corrected chi connectivity index (χ2v) is 9.69. The Labute approximate surface area is 240 Å². The number of anilines is 2. The van der Waals surface area contributed by atoms with Crippen LogP contribution < -0.4 is 26.6 Å². The second kappa shape index (κ2) is 11.8. The fraction of sp³-hybridized carbons (Fsp3) is 0.133. The molecule has 2 aliphatic heterocycles. The third-order valence-corrected chi connectivity index (χ3v) is 6.68. The molecule has 0 unspecified atom stereocenters. The van der Waals surface area contributed by atoms with Crippen LogP contribution in [-0.4, -0.2) is 35.2 Å². The summed E-state index contributed by atoms with van der Waals surface area (Å²) in [6.07, 6.45) is 3.04. The Balaban J connectivity index is 1.49. The Morgan fingerprint density at radius 3 is 2.31 bits per heavy atom. The SMILES string of the molecule is CC(=O)NCCCc1ccc(C(Nc2ccc(C=C3NC(=O)NC3=O)cc2)=C2C(=O)Nc3ccc([N+](=O)[O-])cc32)cc1. The summed E-state index contributed by atoms with van der Waals surface area (Å²) >= 11 is 0.